The van der Waals surface area contributed by atoms with E-state index >= 15 is 0 Å². The van der Waals surface area contributed by atoms with Crippen molar-refractivity contribution in [3.8, 4) is 11.6 Å². The van der Waals surface area contributed by atoms with Gasteiger partial charge in [-0.3, -0.25) is 4.79 Å². The molecule has 10 heteroatoms. The zero-order valence-electron chi connectivity index (χ0n) is 19.3. The van der Waals surface area contributed by atoms with E-state index in [0.717, 1.165) is 31.5 Å². The fraction of sp³-hybridized carbons (Fsp3) is 0.500. The Morgan fingerprint density at radius 3 is 2.59 bits per heavy atom. The first-order valence-electron chi connectivity index (χ1n) is 11.1. The van der Waals surface area contributed by atoms with Gasteiger partial charge in [0, 0.05) is 39.0 Å². The number of hydrogen-bond donors (Lipinski definition) is 1. The summed E-state index contributed by atoms with van der Waals surface area (Å²) >= 11 is 12.2. The van der Waals surface area contributed by atoms with Gasteiger partial charge in [-0.15, -0.1) is 12.4 Å². The first kappa shape index (κ1) is 28.5. The fourth-order valence-corrected chi connectivity index (χ4v) is 4.49. The first-order valence-corrected chi connectivity index (χ1v) is 11.9. The van der Waals surface area contributed by atoms with Crippen LogP contribution in [0.5, 0.6) is 11.6 Å². The van der Waals surface area contributed by atoms with Gasteiger partial charge in [-0.25, -0.2) is 4.98 Å². The lowest BCUT2D eigenvalue weighted by atomic mass is 9.94. The maximum absolute atomic E-state index is 13.0. The largest absolute Gasteiger partial charge is 0.487 e. The van der Waals surface area contributed by atoms with Crippen molar-refractivity contribution in [2.24, 2.45) is 17.6 Å². The van der Waals surface area contributed by atoms with E-state index in [9.17, 15) is 4.79 Å². The number of benzene rings is 1. The van der Waals surface area contributed by atoms with Gasteiger partial charge in [-0.05, 0) is 42.9 Å². The van der Waals surface area contributed by atoms with E-state index in [1.807, 2.05) is 11.0 Å². The van der Waals surface area contributed by atoms with Crippen LogP contribution in [0.4, 0.5) is 0 Å². The number of hydrogen-bond acceptors (Lipinski definition) is 6. The van der Waals surface area contributed by atoms with Crippen molar-refractivity contribution in [3.05, 3.63) is 52.1 Å². The number of carbonyl (C=O) groups excluding carboxylic acids is 1. The van der Waals surface area contributed by atoms with Crippen LogP contribution in [0.25, 0.3) is 0 Å². The van der Waals surface area contributed by atoms with E-state index in [1.165, 1.54) is 0 Å². The Labute approximate surface area is 217 Å². The molecule has 188 valence electrons. The maximum atomic E-state index is 13.0. The minimum absolute atomic E-state index is 0. The third kappa shape index (κ3) is 8.17. The van der Waals surface area contributed by atoms with Crippen LogP contribution in [0.3, 0.4) is 0 Å². The van der Waals surface area contributed by atoms with Gasteiger partial charge in [-0.1, -0.05) is 35.3 Å². The van der Waals surface area contributed by atoms with Crippen LogP contribution in [0.2, 0.25) is 10.0 Å². The van der Waals surface area contributed by atoms with Gasteiger partial charge in [0.2, 0.25) is 11.8 Å². The van der Waals surface area contributed by atoms with Crippen LogP contribution in [-0.2, 0) is 16.0 Å². The molecule has 0 bridgehead atoms. The fourth-order valence-electron chi connectivity index (χ4n) is 3.98. The third-order valence-corrected chi connectivity index (χ3v) is 6.24. The number of rotatable bonds is 11. The molecule has 34 heavy (non-hydrogen) atoms. The summed E-state index contributed by atoms with van der Waals surface area (Å²) in [6.07, 6.45) is 4.35. The lowest BCUT2D eigenvalue weighted by molar-refractivity contribution is -0.137. The highest BCUT2D eigenvalue weighted by Crippen LogP contribution is 2.32. The van der Waals surface area contributed by atoms with E-state index in [1.54, 1.807) is 37.6 Å². The van der Waals surface area contributed by atoms with Gasteiger partial charge in [0.1, 0.15) is 13.2 Å². The predicted octanol–water partition coefficient (Wildman–Crippen LogP) is 4.27. The topological polar surface area (TPSA) is 86.9 Å². The molecule has 1 aromatic carbocycles. The van der Waals surface area contributed by atoms with E-state index in [2.05, 4.69) is 4.98 Å². The van der Waals surface area contributed by atoms with Crippen molar-refractivity contribution in [1.82, 2.24) is 9.88 Å². The van der Waals surface area contributed by atoms with E-state index in [0.29, 0.717) is 47.2 Å². The smallest absolute Gasteiger partial charge is 0.227 e. The summed E-state index contributed by atoms with van der Waals surface area (Å²) in [6.45, 7) is 3.05. The number of para-hydroxylation sites is 1. The van der Waals surface area contributed by atoms with Gasteiger partial charge in [0.05, 0.1) is 22.6 Å². The molecule has 1 aliphatic heterocycles. The molecule has 2 heterocycles. The minimum atomic E-state index is -0.270. The van der Waals surface area contributed by atoms with Gasteiger partial charge in [0.25, 0.3) is 0 Å². The molecule has 0 spiro atoms. The Hall–Kier alpha value is -1.77. The van der Waals surface area contributed by atoms with Gasteiger partial charge < -0.3 is 24.8 Å². The Morgan fingerprint density at radius 2 is 1.94 bits per heavy atom. The van der Waals surface area contributed by atoms with E-state index < -0.39 is 0 Å². The Morgan fingerprint density at radius 1 is 1.21 bits per heavy atom. The Balaban J connectivity index is 0.00000408. The van der Waals surface area contributed by atoms with Crippen molar-refractivity contribution in [2.75, 3.05) is 46.6 Å². The van der Waals surface area contributed by atoms with Crippen LogP contribution >= 0.6 is 35.6 Å². The lowest BCUT2D eigenvalue weighted by Crippen LogP contribution is -2.46. The number of ether oxygens (including phenoxy) is 3. The van der Waals surface area contributed by atoms with Crippen molar-refractivity contribution < 1.29 is 19.0 Å². The number of nitrogens with two attached hydrogens (primary N) is 1. The van der Waals surface area contributed by atoms with Gasteiger partial charge in [0.15, 0.2) is 5.75 Å². The average molecular weight is 533 g/mol. The summed E-state index contributed by atoms with van der Waals surface area (Å²) in [6, 6.07) is 8.88. The first-order chi connectivity index (χ1) is 16.0. The number of pyridine rings is 1. The second-order valence-electron chi connectivity index (χ2n) is 8.14. The molecule has 1 saturated heterocycles. The molecule has 3 rings (SSSR count). The van der Waals surface area contributed by atoms with E-state index in [4.69, 9.17) is 43.1 Å². The molecule has 2 unspecified atom stereocenters. The molecular weight excluding hydrogens is 501 g/mol. The lowest BCUT2D eigenvalue weighted by Gasteiger charge is -2.34. The number of likely N-dealkylation sites (tertiary alicyclic amines) is 1. The third-order valence-electron chi connectivity index (χ3n) is 5.65. The van der Waals surface area contributed by atoms with Crippen LogP contribution in [-0.4, -0.2) is 62.4 Å². The van der Waals surface area contributed by atoms with Gasteiger partial charge in [-0.2, -0.15) is 0 Å². The van der Waals surface area contributed by atoms with Crippen LogP contribution < -0.4 is 15.2 Å². The molecule has 0 aliphatic carbocycles. The predicted molar refractivity (Wildman–Crippen MR) is 136 cm³/mol. The Kier molecular flexibility index (Phi) is 12.2. The highest BCUT2D eigenvalue weighted by molar-refractivity contribution is 6.37. The normalized spacial score (nSPS) is 16.5. The monoisotopic (exact) mass is 531 g/mol. The summed E-state index contributed by atoms with van der Waals surface area (Å²) in [5.74, 6) is 1.14. The van der Waals surface area contributed by atoms with Crippen LogP contribution in [0.15, 0.2) is 36.5 Å². The highest BCUT2D eigenvalue weighted by atomic mass is 35.5. The number of aromatic nitrogens is 1. The number of carbonyl (C=O) groups is 1. The molecule has 2 aromatic rings. The summed E-state index contributed by atoms with van der Waals surface area (Å²) in [5, 5.41) is 0.903. The number of piperidine rings is 1. The van der Waals surface area contributed by atoms with Crippen molar-refractivity contribution in [2.45, 2.75) is 19.3 Å². The Bertz CT molecular complexity index is 879. The summed E-state index contributed by atoms with van der Waals surface area (Å²) in [7, 11) is 1.70. The minimum Gasteiger partial charge on any atom is -0.487 e. The molecule has 2 atom stereocenters. The summed E-state index contributed by atoms with van der Waals surface area (Å²) in [5.41, 5.74) is 6.89. The van der Waals surface area contributed by atoms with Crippen LogP contribution in [0.1, 0.15) is 18.4 Å². The average Bonchev–Trinajstić information content (AvgIpc) is 2.82. The van der Waals surface area contributed by atoms with Crippen LogP contribution in [0, 0.1) is 11.8 Å². The second kappa shape index (κ2) is 14.6. The molecular formula is C24H32Cl3N3O4. The van der Waals surface area contributed by atoms with Gasteiger partial charge >= 0.3 is 0 Å². The molecule has 0 saturated carbocycles. The molecule has 0 radical (unpaired) electrons. The number of halogens is 3. The zero-order valence-corrected chi connectivity index (χ0v) is 21.6. The highest BCUT2D eigenvalue weighted by Gasteiger charge is 2.28. The molecule has 2 N–H and O–H groups in total. The number of nitrogens with zero attached hydrogens (tertiary/aromatic N) is 2. The SMILES string of the molecule is COCC1CCCN(C(=O)C(CN)Cc2ccc(OCCOc3c(Cl)cccc3Cl)nc2)C1.Cl. The standard InChI is InChI=1S/C24H31Cl2N3O4.ClH/c1-31-16-18-4-3-9-29(15-18)24(30)19(13-27)12-17-7-8-22(28-14-17)32-10-11-33-23-20(25)5-2-6-21(23)26;/h2,5-8,14,18-19H,3-4,9-13,15-16,27H2,1H3;1H. The molecule has 1 amide bonds. The van der Waals surface area contributed by atoms with Crippen molar-refractivity contribution in [3.63, 3.8) is 0 Å². The molecule has 1 fully saturated rings. The number of amides is 1. The quantitative estimate of drug-likeness (QED) is 0.435. The second-order valence-corrected chi connectivity index (χ2v) is 8.95. The summed E-state index contributed by atoms with van der Waals surface area (Å²) < 4.78 is 16.5. The number of methoxy groups -OCH3 is 1. The van der Waals surface area contributed by atoms with Crippen molar-refractivity contribution in [1.29, 1.82) is 0 Å². The molecule has 1 aromatic heterocycles. The van der Waals surface area contributed by atoms with Crippen molar-refractivity contribution >= 4 is 41.5 Å². The summed E-state index contributed by atoms with van der Waals surface area (Å²) in [4.78, 5) is 19.3. The zero-order chi connectivity index (χ0) is 23.6. The molecule has 1 aliphatic rings. The van der Waals surface area contributed by atoms with E-state index in [-0.39, 0.29) is 37.4 Å². The maximum Gasteiger partial charge on any atom is 0.227 e. The molecule has 7 nitrogen and oxygen atoms in total.